The van der Waals surface area contributed by atoms with Crippen molar-refractivity contribution in [3.05, 3.63) is 54.4 Å². The number of amides is 4. The Bertz CT molecular complexity index is 2560. The first-order chi connectivity index (χ1) is 30.6. The first kappa shape index (κ1) is 48.3. The summed E-state index contributed by atoms with van der Waals surface area (Å²) in [5.41, 5.74) is -6.01. The van der Waals surface area contributed by atoms with Crippen molar-refractivity contribution >= 4 is 44.7 Å². The van der Waals surface area contributed by atoms with Crippen LogP contribution in [-0.4, -0.2) is 116 Å². The Hall–Kier alpha value is -5.61. The average Bonchev–Trinajstić information content (AvgIpc) is 3.98. The predicted octanol–water partition coefficient (Wildman–Crippen LogP) is 6.37. The number of halogens is 6. The fourth-order valence-electron chi connectivity index (χ4n) is 8.87. The minimum atomic E-state index is -5.18. The van der Waals surface area contributed by atoms with Crippen LogP contribution < -0.4 is 19.5 Å². The van der Waals surface area contributed by atoms with Gasteiger partial charge >= 0.3 is 18.4 Å². The van der Waals surface area contributed by atoms with E-state index in [0.717, 1.165) is 21.8 Å². The molecule has 7 rings (SSSR count). The van der Waals surface area contributed by atoms with Crippen LogP contribution in [0.5, 0.6) is 11.5 Å². The molecule has 4 amide bonds. The number of hydrogen-bond acceptors (Lipinski definition) is 10. The standard InChI is InChI=1S/C43H51F6N7O9S/c1-23-9-7-8-10-25-21-41(25,37(59)53-66(62,63)40(5)14-15-40)51-35(57)30-19-27(22-54(30)36(58)34(24(2)17-23)56(38(60)61)39(3,4)43(47,48)49)65-31-20-33(55-16-13-32(52-55)42(44,45)46)50-29-18-26(64-6)11-12-28(29)31/h8,10-13,16,18,20,23-25,27,30,34H,7,9,14-15,17,19,21-22H2,1-6H3,(H,51,57)(H,53,59)(H,60,61)/t23-,24-,25-,27-,30+,34+,41-/m1/s1. The van der Waals surface area contributed by atoms with Crippen LogP contribution in [0.1, 0.15) is 85.3 Å². The Kier molecular flexibility index (Phi) is 12.4. The summed E-state index contributed by atoms with van der Waals surface area (Å²) in [5, 5.41) is 17.1. The number of hydrogen-bond donors (Lipinski definition) is 3. The number of alkyl halides is 6. The topological polar surface area (TPSA) is 202 Å². The third kappa shape index (κ3) is 9.10. The number of sulfonamides is 1. The quantitative estimate of drug-likeness (QED) is 0.159. The molecule has 1 saturated heterocycles. The van der Waals surface area contributed by atoms with Crippen LogP contribution >= 0.6 is 0 Å². The SMILES string of the molecule is COc1ccc2c(O[C@@H]3C[C@H]4C(=O)N[C@]5(C(=O)NS(=O)(=O)C6(C)CC6)C[C@H]5C=CCC[C@@H](C)C[C@@H](C)[C@H](N(C(=O)O)C(C)(C)C(F)(F)F)C(=O)N4C3)cc(-n3ccc(C(F)(F)F)n3)nc2c1. The van der Waals surface area contributed by atoms with Crippen molar-refractivity contribution in [3.63, 3.8) is 0 Å². The number of nitrogens with one attached hydrogen (secondary N) is 2. The highest BCUT2D eigenvalue weighted by Gasteiger charge is 2.64. The van der Waals surface area contributed by atoms with Crippen LogP contribution in [0, 0.1) is 17.8 Å². The molecule has 66 heavy (non-hydrogen) atoms. The number of carbonyl (C=O) groups excluding carboxylic acids is 3. The molecule has 7 atom stereocenters. The van der Waals surface area contributed by atoms with Crippen molar-refractivity contribution in [1.29, 1.82) is 0 Å². The number of allylic oxidation sites excluding steroid dienone is 1. The number of ether oxygens (including phenoxy) is 2. The molecule has 0 spiro atoms. The minimum absolute atomic E-state index is 0.0200. The van der Waals surface area contributed by atoms with Gasteiger partial charge in [0.1, 0.15) is 40.8 Å². The highest BCUT2D eigenvalue weighted by atomic mass is 32.2. The summed E-state index contributed by atoms with van der Waals surface area (Å²) in [6.07, 6.45) is -7.67. The van der Waals surface area contributed by atoms with E-state index in [4.69, 9.17) is 9.47 Å². The van der Waals surface area contributed by atoms with Gasteiger partial charge in [0.25, 0.3) is 5.91 Å². The van der Waals surface area contributed by atoms with E-state index < -0.39 is 111 Å². The van der Waals surface area contributed by atoms with E-state index in [1.807, 2.05) is 0 Å². The third-order valence-electron chi connectivity index (χ3n) is 13.4. The van der Waals surface area contributed by atoms with E-state index in [2.05, 4.69) is 20.1 Å². The van der Waals surface area contributed by atoms with Crippen molar-refractivity contribution < 1.29 is 68.5 Å². The van der Waals surface area contributed by atoms with E-state index in [9.17, 15) is 54.3 Å². The molecule has 0 bridgehead atoms. The molecule has 3 N–H and O–H groups in total. The maximum Gasteiger partial charge on any atom is 0.435 e. The number of carboxylic acid groups (broad SMARTS) is 1. The lowest BCUT2D eigenvalue weighted by atomic mass is 9.85. The maximum absolute atomic E-state index is 15.2. The number of rotatable bonds is 9. The Labute approximate surface area is 376 Å². The van der Waals surface area contributed by atoms with Crippen LogP contribution in [0.4, 0.5) is 31.1 Å². The molecular formula is C43H51F6N7O9S. The molecule has 360 valence electrons. The van der Waals surface area contributed by atoms with Crippen LogP contribution in [0.25, 0.3) is 16.7 Å². The van der Waals surface area contributed by atoms with Gasteiger partial charge in [-0.15, -0.1) is 0 Å². The van der Waals surface area contributed by atoms with Gasteiger partial charge in [-0.1, -0.05) is 26.0 Å². The lowest BCUT2D eigenvalue weighted by molar-refractivity contribution is -0.222. The normalized spacial score (nSPS) is 27.2. The predicted molar refractivity (Wildman–Crippen MR) is 224 cm³/mol. The Morgan fingerprint density at radius 3 is 2.35 bits per heavy atom. The van der Waals surface area contributed by atoms with Crippen molar-refractivity contribution in [2.24, 2.45) is 17.8 Å². The van der Waals surface area contributed by atoms with E-state index in [0.29, 0.717) is 50.7 Å². The van der Waals surface area contributed by atoms with Crippen molar-refractivity contribution in [1.82, 2.24) is 34.6 Å². The van der Waals surface area contributed by atoms with E-state index >= 15 is 4.79 Å². The second kappa shape index (κ2) is 16.9. The lowest BCUT2D eigenvalue weighted by Crippen LogP contribution is -2.66. The van der Waals surface area contributed by atoms with Gasteiger partial charge < -0.3 is 24.8 Å². The minimum Gasteiger partial charge on any atom is -0.497 e. The average molecular weight is 956 g/mol. The van der Waals surface area contributed by atoms with E-state index in [1.165, 1.54) is 33.1 Å². The van der Waals surface area contributed by atoms with Gasteiger partial charge in [-0.25, -0.2) is 22.9 Å². The molecule has 4 heterocycles. The van der Waals surface area contributed by atoms with Crippen LogP contribution in [0.2, 0.25) is 0 Å². The van der Waals surface area contributed by atoms with Crippen LogP contribution in [0.15, 0.2) is 48.7 Å². The fraction of sp³-hybridized carbons (Fsp3) is 0.581. The number of benzene rings is 1. The summed E-state index contributed by atoms with van der Waals surface area (Å²) in [4.78, 5) is 62.5. The zero-order chi connectivity index (χ0) is 48.5. The highest BCUT2D eigenvalue weighted by molar-refractivity contribution is 7.91. The largest absolute Gasteiger partial charge is 0.497 e. The van der Waals surface area contributed by atoms with Crippen molar-refractivity contribution in [3.8, 4) is 17.3 Å². The molecule has 2 aromatic heterocycles. The number of aromatic nitrogens is 3. The number of fused-ring (bicyclic) bond motifs is 3. The zero-order valence-corrected chi connectivity index (χ0v) is 37.7. The van der Waals surface area contributed by atoms with E-state index in [1.54, 1.807) is 31.2 Å². The molecule has 3 aromatic rings. The van der Waals surface area contributed by atoms with Gasteiger partial charge in [0.2, 0.25) is 21.8 Å². The molecule has 2 saturated carbocycles. The summed E-state index contributed by atoms with van der Waals surface area (Å²) in [5.74, 6) is -5.05. The van der Waals surface area contributed by atoms with Gasteiger partial charge in [0.15, 0.2) is 11.5 Å². The van der Waals surface area contributed by atoms with Gasteiger partial charge in [0, 0.05) is 36.1 Å². The molecule has 4 aliphatic rings. The number of pyridine rings is 1. The summed E-state index contributed by atoms with van der Waals surface area (Å²) in [7, 11) is -2.83. The second-order valence-electron chi connectivity index (χ2n) is 18.6. The number of methoxy groups -OCH3 is 1. The molecule has 2 aliphatic heterocycles. The van der Waals surface area contributed by atoms with Crippen molar-refractivity contribution in [2.75, 3.05) is 13.7 Å². The van der Waals surface area contributed by atoms with Gasteiger partial charge in [-0.05, 0) is 89.3 Å². The molecule has 16 nitrogen and oxygen atoms in total. The summed E-state index contributed by atoms with van der Waals surface area (Å²) in [6.45, 7) is 5.47. The summed E-state index contributed by atoms with van der Waals surface area (Å²) in [6, 6.07) is 2.91. The smallest absolute Gasteiger partial charge is 0.435 e. The van der Waals surface area contributed by atoms with Crippen LogP contribution in [0.3, 0.4) is 0 Å². The number of nitrogens with zero attached hydrogens (tertiary/aromatic N) is 5. The fourth-order valence-corrected chi connectivity index (χ4v) is 10.2. The zero-order valence-electron chi connectivity index (χ0n) is 36.9. The monoisotopic (exact) mass is 955 g/mol. The van der Waals surface area contributed by atoms with Gasteiger partial charge in [-0.3, -0.25) is 24.0 Å². The summed E-state index contributed by atoms with van der Waals surface area (Å²) < 4.78 is 125. The maximum atomic E-state index is 15.2. The lowest BCUT2D eigenvalue weighted by Gasteiger charge is -2.45. The van der Waals surface area contributed by atoms with Crippen molar-refractivity contribution in [2.45, 2.75) is 126 Å². The molecule has 0 unspecified atom stereocenters. The Balaban J connectivity index is 1.32. The van der Waals surface area contributed by atoms with Gasteiger partial charge in [0.05, 0.1) is 23.9 Å². The summed E-state index contributed by atoms with van der Waals surface area (Å²) >= 11 is 0. The molecule has 3 fully saturated rings. The van der Waals surface area contributed by atoms with Gasteiger partial charge in [-0.2, -0.15) is 31.4 Å². The molecular weight excluding hydrogens is 905 g/mol. The van der Waals surface area contributed by atoms with E-state index in [-0.39, 0.29) is 40.7 Å². The Morgan fingerprint density at radius 2 is 1.74 bits per heavy atom. The Morgan fingerprint density at radius 1 is 1.05 bits per heavy atom. The number of carbonyl (C=O) groups is 4. The highest BCUT2D eigenvalue weighted by Crippen LogP contribution is 2.48. The molecule has 0 radical (unpaired) electrons. The molecule has 2 aliphatic carbocycles. The molecule has 1 aromatic carbocycles. The molecule has 23 heteroatoms. The van der Waals surface area contributed by atoms with Crippen LogP contribution in [-0.2, 0) is 30.6 Å². The first-order valence-corrected chi connectivity index (χ1v) is 22.8. The first-order valence-electron chi connectivity index (χ1n) is 21.4. The second-order valence-corrected chi connectivity index (χ2v) is 20.8. The third-order valence-corrected chi connectivity index (χ3v) is 15.5.